The second-order valence-electron chi connectivity index (χ2n) is 4.00. The van der Waals surface area contributed by atoms with Crippen LogP contribution in [-0.2, 0) is 9.59 Å². The predicted octanol–water partition coefficient (Wildman–Crippen LogP) is 1.78. The lowest BCUT2D eigenvalue weighted by atomic mass is 10.1. The maximum atomic E-state index is 11.3. The summed E-state index contributed by atoms with van der Waals surface area (Å²) in [6, 6.07) is 3.00. The van der Waals surface area contributed by atoms with Crippen molar-refractivity contribution in [1.82, 2.24) is 5.32 Å². The molecule has 5 nitrogen and oxygen atoms in total. The number of amides is 1. The van der Waals surface area contributed by atoms with Crippen molar-refractivity contribution in [3.05, 3.63) is 29.3 Å². The summed E-state index contributed by atoms with van der Waals surface area (Å²) in [6.45, 7) is 5.36. The third-order valence-electron chi connectivity index (χ3n) is 2.34. The van der Waals surface area contributed by atoms with Crippen LogP contribution in [0.2, 0.25) is 0 Å². The SMILES string of the molecule is CCNC(=O)/C=C/c1cc(OC(C)=O)c(C)cc1O. The van der Waals surface area contributed by atoms with Crippen LogP contribution in [0.3, 0.4) is 0 Å². The molecule has 1 aromatic rings. The van der Waals surface area contributed by atoms with Gasteiger partial charge in [-0.3, -0.25) is 9.59 Å². The van der Waals surface area contributed by atoms with E-state index in [0.717, 1.165) is 0 Å². The number of esters is 1. The summed E-state index contributed by atoms with van der Waals surface area (Å²) >= 11 is 0. The number of benzene rings is 1. The molecule has 1 amide bonds. The first kappa shape index (κ1) is 14.8. The molecular weight excluding hydrogens is 246 g/mol. The zero-order chi connectivity index (χ0) is 14.4. The van der Waals surface area contributed by atoms with Gasteiger partial charge in [-0.05, 0) is 37.6 Å². The molecule has 0 saturated heterocycles. The number of rotatable bonds is 4. The molecule has 0 heterocycles. The summed E-state index contributed by atoms with van der Waals surface area (Å²) in [5, 5.41) is 12.4. The van der Waals surface area contributed by atoms with Gasteiger partial charge < -0.3 is 15.2 Å². The van der Waals surface area contributed by atoms with Crippen LogP contribution in [0.5, 0.6) is 11.5 Å². The normalized spacial score (nSPS) is 10.5. The Morgan fingerprint density at radius 2 is 2.11 bits per heavy atom. The highest BCUT2D eigenvalue weighted by Crippen LogP contribution is 2.28. The Morgan fingerprint density at radius 1 is 1.42 bits per heavy atom. The minimum atomic E-state index is -0.438. The van der Waals surface area contributed by atoms with E-state index in [0.29, 0.717) is 23.4 Å². The number of phenolic OH excluding ortho intramolecular Hbond substituents is 1. The van der Waals surface area contributed by atoms with Crippen LogP contribution in [0.15, 0.2) is 18.2 Å². The molecule has 1 rings (SSSR count). The third-order valence-corrected chi connectivity index (χ3v) is 2.34. The molecule has 0 aromatic heterocycles. The van der Waals surface area contributed by atoms with Crippen molar-refractivity contribution in [3.63, 3.8) is 0 Å². The molecule has 19 heavy (non-hydrogen) atoms. The summed E-state index contributed by atoms with van der Waals surface area (Å²) < 4.78 is 5.01. The Morgan fingerprint density at radius 3 is 2.68 bits per heavy atom. The molecule has 2 N–H and O–H groups in total. The van der Waals surface area contributed by atoms with E-state index in [4.69, 9.17) is 4.74 Å². The Hall–Kier alpha value is -2.30. The van der Waals surface area contributed by atoms with Crippen LogP contribution < -0.4 is 10.1 Å². The van der Waals surface area contributed by atoms with Crippen LogP contribution >= 0.6 is 0 Å². The first-order valence-electron chi connectivity index (χ1n) is 5.92. The number of ether oxygens (including phenoxy) is 1. The highest BCUT2D eigenvalue weighted by atomic mass is 16.5. The fourth-order valence-electron chi connectivity index (χ4n) is 1.49. The summed E-state index contributed by atoms with van der Waals surface area (Å²) in [5.41, 5.74) is 1.05. The molecule has 5 heteroatoms. The van der Waals surface area contributed by atoms with Crippen LogP contribution in [0.1, 0.15) is 25.0 Å². The average molecular weight is 263 g/mol. The van der Waals surface area contributed by atoms with E-state index in [-0.39, 0.29) is 11.7 Å². The van der Waals surface area contributed by atoms with Crippen molar-refractivity contribution in [3.8, 4) is 11.5 Å². The average Bonchev–Trinajstić information content (AvgIpc) is 2.31. The quantitative estimate of drug-likeness (QED) is 0.493. The largest absolute Gasteiger partial charge is 0.507 e. The van der Waals surface area contributed by atoms with Gasteiger partial charge >= 0.3 is 5.97 Å². The van der Waals surface area contributed by atoms with Gasteiger partial charge in [-0.2, -0.15) is 0 Å². The maximum Gasteiger partial charge on any atom is 0.308 e. The molecule has 0 saturated carbocycles. The van der Waals surface area contributed by atoms with Gasteiger partial charge in [0, 0.05) is 25.1 Å². The first-order chi connectivity index (χ1) is 8.93. The third kappa shape index (κ3) is 4.46. The molecule has 102 valence electrons. The van der Waals surface area contributed by atoms with E-state index in [1.54, 1.807) is 6.92 Å². The molecule has 0 aliphatic rings. The summed E-state index contributed by atoms with van der Waals surface area (Å²) in [6.07, 6.45) is 2.78. The highest BCUT2D eigenvalue weighted by Gasteiger charge is 2.08. The van der Waals surface area contributed by atoms with E-state index >= 15 is 0 Å². The van der Waals surface area contributed by atoms with Gasteiger partial charge in [0.25, 0.3) is 0 Å². The van der Waals surface area contributed by atoms with E-state index in [1.807, 2.05) is 6.92 Å². The Kier molecular flexibility index (Phi) is 5.11. The van der Waals surface area contributed by atoms with Crippen molar-refractivity contribution in [1.29, 1.82) is 0 Å². The molecule has 0 aliphatic carbocycles. The smallest absolute Gasteiger partial charge is 0.308 e. The Balaban J connectivity index is 3.00. The molecular formula is C14H17NO4. The fourth-order valence-corrected chi connectivity index (χ4v) is 1.49. The summed E-state index contributed by atoms with van der Waals surface area (Å²) in [4.78, 5) is 22.2. The fraction of sp³-hybridized carbons (Fsp3) is 0.286. The Labute approximate surface area is 111 Å². The molecule has 0 spiro atoms. The number of carbonyl (C=O) groups is 2. The van der Waals surface area contributed by atoms with Gasteiger partial charge in [-0.25, -0.2) is 0 Å². The van der Waals surface area contributed by atoms with Gasteiger partial charge in [0.2, 0.25) is 5.91 Å². The van der Waals surface area contributed by atoms with Crippen LogP contribution in [0.4, 0.5) is 0 Å². The van der Waals surface area contributed by atoms with Crippen LogP contribution in [0.25, 0.3) is 6.08 Å². The molecule has 0 radical (unpaired) electrons. The number of hydrogen-bond donors (Lipinski definition) is 2. The lowest BCUT2D eigenvalue weighted by Gasteiger charge is -2.08. The van der Waals surface area contributed by atoms with Crippen LogP contribution in [0, 0.1) is 6.92 Å². The summed E-state index contributed by atoms with van der Waals surface area (Å²) in [7, 11) is 0. The first-order valence-corrected chi connectivity index (χ1v) is 5.92. The minimum Gasteiger partial charge on any atom is -0.507 e. The number of carbonyl (C=O) groups excluding carboxylic acids is 2. The topological polar surface area (TPSA) is 75.6 Å². The zero-order valence-electron chi connectivity index (χ0n) is 11.2. The van der Waals surface area contributed by atoms with Crippen molar-refractivity contribution in [2.75, 3.05) is 6.54 Å². The van der Waals surface area contributed by atoms with Gasteiger partial charge in [0.15, 0.2) is 0 Å². The van der Waals surface area contributed by atoms with E-state index in [2.05, 4.69) is 5.32 Å². The highest BCUT2D eigenvalue weighted by molar-refractivity contribution is 5.92. The molecule has 0 aliphatic heterocycles. The maximum absolute atomic E-state index is 11.3. The van der Waals surface area contributed by atoms with Gasteiger partial charge in [-0.1, -0.05) is 0 Å². The van der Waals surface area contributed by atoms with Crippen LogP contribution in [-0.4, -0.2) is 23.5 Å². The van der Waals surface area contributed by atoms with Crippen molar-refractivity contribution in [2.24, 2.45) is 0 Å². The van der Waals surface area contributed by atoms with E-state index in [1.165, 1.54) is 31.2 Å². The molecule has 0 unspecified atom stereocenters. The number of aromatic hydroxyl groups is 1. The molecule has 0 atom stereocenters. The number of aryl methyl sites for hydroxylation is 1. The van der Waals surface area contributed by atoms with Gasteiger partial charge in [0.05, 0.1) is 0 Å². The zero-order valence-corrected chi connectivity index (χ0v) is 11.2. The predicted molar refractivity (Wildman–Crippen MR) is 71.9 cm³/mol. The Bertz CT molecular complexity index is 520. The van der Waals surface area contributed by atoms with Gasteiger partial charge in [0.1, 0.15) is 11.5 Å². The number of hydrogen-bond acceptors (Lipinski definition) is 4. The molecule has 0 bridgehead atoms. The second-order valence-corrected chi connectivity index (χ2v) is 4.00. The standard InChI is InChI=1S/C14H17NO4/c1-4-15-14(18)6-5-11-8-13(19-10(3)16)9(2)7-12(11)17/h5-8,17H,4H2,1-3H3,(H,15,18)/b6-5+. The monoisotopic (exact) mass is 263 g/mol. The van der Waals surface area contributed by atoms with E-state index < -0.39 is 5.97 Å². The second kappa shape index (κ2) is 6.58. The number of nitrogens with one attached hydrogen (secondary N) is 1. The molecule has 0 fully saturated rings. The lowest BCUT2D eigenvalue weighted by Crippen LogP contribution is -2.19. The van der Waals surface area contributed by atoms with Gasteiger partial charge in [-0.15, -0.1) is 0 Å². The summed E-state index contributed by atoms with van der Waals surface area (Å²) in [5.74, 6) is -0.307. The molecule has 1 aromatic carbocycles. The number of phenols is 1. The van der Waals surface area contributed by atoms with Crippen molar-refractivity contribution >= 4 is 18.0 Å². The number of likely N-dealkylation sites (N-methyl/N-ethyl adjacent to an activating group) is 1. The van der Waals surface area contributed by atoms with Crippen molar-refractivity contribution in [2.45, 2.75) is 20.8 Å². The van der Waals surface area contributed by atoms with E-state index in [9.17, 15) is 14.7 Å². The minimum absolute atomic E-state index is 0.0222. The lowest BCUT2D eigenvalue weighted by molar-refractivity contribution is -0.132. The van der Waals surface area contributed by atoms with Crippen molar-refractivity contribution < 1.29 is 19.4 Å².